The summed E-state index contributed by atoms with van der Waals surface area (Å²) < 4.78 is 11.7. The molecule has 0 aliphatic heterocycles. The highest BCUT2D eigenvalue weighted by Crippen LogP contribution is 2.38. The van der Waals surface area contributed by atoms with Crippen LogP contribution in [0.25, 0.3) is 10.2 Å². The van der Waals surface area contributed by atoms with E-state index in [1.165, 1.54) is 11.3 Å². The number of amides is 1. The Morgan fingerprint density at radius 1 is 1.03 bits per heavy atom. The fourth-order valence-electron chi connectivity index (χ4n) is 3.23. The Morgan fingerprint density at radius 3 is 2.32 bits per heavy atom. The van der Waals surface area contributed by atoms with Crippen LogP contribution in [0.1, 0.15) is 24.2 Å². The Labute approximate surface area is 196 Å². The van der Waals surface area contributed by atoms with Gasteiger partial charge in [0.15, 0.2) is 16.6 Å². The third-order valence-corrected chi connectivity index (χ3v) is 6.64. The number of fused-ring (bicyclic) bond motifs is 1. The van der Waals surface area contributed by atoms with Gasteiger partial charge in [-0.15, -0.1) is 0 Å². The number of carbonyl (C=O) groups excluding carboxylic acids is 1. The molecule has 0 aliphatic rings. The standard InChI is InChI=1S/C22H25Cl2N3O3S/c1-5-26(6-2)9-10-27(21(28)15-8-7-14(23)11-16(15)24)22-25-17-12-18(29-3)19(30-4)13-20(17)31-22/h7-8,11-13H,5-6,9-10H2,1-4H3. The molecule has 0 N–H and O–H groups in total. The monoisotopic (exact) mass is 481 g/mol. The van der Waals surface area contributed by atoms with Gasteiger partial charge in [-0.05, 0) is 31.3 Å². The van der Waals surface area contributed by atoms with Gasteiger partial charge in [0, 0.05) is 30.2 Å². The van der Waals surface area contributed by atoms with Gasteiger partial charge in [-0.25, -0.2) is 4.98 Å². The number of nitrogens with zero attached hydrogens (tertiary/aromatic N) is 3. The first-order valence-corrected chi connectivity index (χ1v) is 11.5. The van der Waals surface area contributed by atoms with Crippen molar-refractivity contribution < 1.29 is 14.3 Å². The molecule has 2 aromatic carbocycles. The predicted octanol–water partition coefficient (Wildman–Crippen LogP) is 5.61. The number of carbonyl (C=O) groups is 1. The molecule has 0 unspecified atom stereocenters. The van der Waals surface area contributed by atoms with Crippen LogP contribution in [0.15, 0.2) is 30.3 Å². The van der Waals surface area contributed by atoms with Crippen molar-refractivity contribution in [1.29, 1.82) is 0 Å². The first kappa shape index (κ1) is 23.6. The van der Waals surface area contributed by atoms with Gasteiger partial charge in [-0.3, -0.25) is 9.69 Å². The lowest BCUT2D eigenvalue weighted by molar-refractivity contribution is 0.0984. The van der Waals surface area contributed by atoms with Crippen LogP contribution in [-0.4, -0.2) is 56.2 Å². The van der Waals surface area contributed by atoms with E-state index in [0.717, 1.165) is 23.3 Å². The molecule has 0 aliphatic carbocycles. The van der Waals surface area contributed by atoms with Gasteiger partial charge >= 0.3 is 0 Å². The van der Waals surface area contributed by atoms with Gasteiger partial charge in [-0.1, -0.05) is 48.4 Å². The maximum Gasteiger partial charge on any atom is 0.261 e. The molecule has 3 rings (SSSR count). The van der Waals surface area contributed by atoms with Crippen molar-refractivity contribution in [2.75, 3.05) is 45.3 Å². The molecule has 1 heterocycles. The summed E-state index contributed by atoms with van der Waals surface area (Å²) in [5.74, 6) is 0.993. The molecule has 9 heteroatoms. The van der Waals surface area contributed by atoms with Gasteiger partial charge in [0.05, 0.1) is 35.0 Å². The Kier molecular flexibility index (Phi) is 8.00. The van der Waals surface area contributed by atoms with E-state index in [1.54, 1.807) is 37.3 Å². The molecular weight excluding hydrogens is 457 g/mol. The van der Waals surface area contributed by atoms with Crippen LogP contribution in [0.2, 0.25) is 10.0 Å². The summed E-state index contributed by atoms with van der Waals surface area (Å²) in [5.41, 5.74) is 1.13. The topological polar surface area (TPSA) is 54.9 Å². The zero-order valence-corrected chi connectivity index (χ0v) is 20.3. The van der Waals surface area contributed by atoms with Crippen LogP contribution in [-0.2, 0) is 0 Å². The van der Waals surface area contributed by atoms with Gasteiger partial charge in [0.2, 0.25) is 0 Å². The highest BCUT2D eigenvalue weighted by atomic mass is 35.5. The SMILES string of the molecule is CCN(CC)CCN(C(=O)c1ccc(Cl)cc1Cl)c1nc2cc(OC)c(OC)cc2s1. The lowest BCUT2D eigenvalue weighted by Crippen LogP contribution is -2.39. The molecule has 6 nitrogen and oxygen atoms in total. The molecule has 0 atom stereocenters. The van der Waals surface area contributed by atoms with Crippen LogP contribution < -0.4 is 14.4 Å². The maximum atomic E-state index is 13.5. The number of benzene rings is 2. The van der Waals surface area contributed by atoms with Crippen LogP contribution >= 0.6 is 34.5 Å². The third-order valence-electron chi connectivity index (χ3n) is 5.05. The normalized spacial score (nSPS) is 11.2. The molecular formula is C22H25Cl2N3O3S. The Balaban J connectivity index is 2.03. The number of hydrogen-bond donors (Lipinski definition) is 0. The van der Waals surface area contributed by atoms with Crippen molar-refractivity contribution in [3.63, 3.8) is 0 Å². The second-order valence-corrected chi connectivity index (χ2v) is 8.63. The van der Waals surface area contributed by atoms with Crippen LogP contribution in [0.3, 0.4) is 0 Å². The number of likely N-dealkylation sites (N-methyl/N-ethyl adjacent to an activating group) is 1. The number of anilines is 1. The molecule has 3 aromatic rings. The van der Waals surface area contributed by atoms with E-state index < -0.39 is 0 Å². The van der Waals surface area contributed by atoms with E-state index in [2.05, 4.69) is 18.7 Å². The smallest absolute Gasteiger partial charge is 0.261 e. The number of aromatic nitrogens is 1. The zero-order valence-electron chi connectivity index (χ0n) is 17.9. The lowest BCUT2D eigenvalue weighted by atomic mass is 10.2. The van der Waals surface area contributed by atoms with Crippen molar-refractivity contribution in [3.05, 3.63) is 45.9 Å². The Morgan fingerprint density at radius 2 is 1.71 bits per heavy atom. The third kappa shape index (κ3) is 5.23. The fourth-order valence-corrected chi connectivity index (χ4v) is 4.72. The summed E-state index contributed by atoms with van der Waals surface area (Å²) in [6.07, 6.45) is 0. The molecule has 0 radical (unpaired) electrons. The Hall–Kier alpha value is -2.06. The summed E-state index contributed by atoms with van der Waals surface area (Å²) in [7, 11) is 3.17. The van der Waals surface area contributed by atoms with Crippen molar-refractivity contribution >= 4 is 55.8 Å². The van der Waals surface area contributed by atoms with E-state index in [0.29, 0.717) is 45.3 Å². The average molecular weight is 482 g/mol. The molecule has 0 bridgehead atoms. The molecule has 0 saturated carbocycles. The largest absolute Gasteiger partial charge is 0.493 e. The minimum absolute atomic E-state index is 0.216. The maximum absolute atomic E-state index is 13.5. The fraction of sp³-hybridized carbons (Fsp3) is 0.364. The van der Waals surface area contributed by atoms with E-state index in [9.17, 15) is 4.79 Å². The lowest BCUT2D eigenvalue weighted by Gasteiger charge is -2.25. The summed E-state index contributed by atoms with van der Waals surface area (Å²) >= 11 is 13.8. The van der Waals surface area contributed by atoms with E-state index >= 15 is 0 Å². The van der Waals surface area contributed by atoms with Gasteiger partial charge in [-0.2, -0.15) is 0 Å². The molecule has 0 saturated heterocycles. The molecule has 1 aromatic heterocycles. The van der Waals surface area contributed by atoms with E-state index in [-0.39, 0.29) is 5.91 Å². The van der Waals surface area contributed by atoms with Gasteiger partial charge in [0.25, 0.3) is 5.91 Å². The van der Waals surface area contributed by atoms with Gasteiger partial charge < -0.3 is 14.4 Å². The number of ether oxygens (including phenoxy) is 2. The number of methoxy groups -OCH3 is 2. The number of thiazole rings is 1. The second kappa shape index (κ2) is 10.5. The molecule has 31 heavy (non-hydrogen) atoms. The van der Waals surface area contributed by atoms with Crippen LogP contribution in [0.4, 0.5) is 5.13 Å². The molecule has 0 spiro atoms. The van der Waals surface area contributed by atoms with Crippen LogP contribution in [0.5, 0.6) is 11.5 Å². The van der Waals surface area contributed by atoms with Crippen molar-refractivity contribution in [1.82, 2.24) is 9.88 Å². The van der Waals surface area contributed by atoms with Crippen molar-refractivity contribution in [3.8, 4) is 11.5 Å². The first-order valence-electron chi connectivity index (χ1n) is 9.93. The van der Waals surface area contributed by atoms with Crippen LogP contribution in [0, 0.1) is 0 Å². The van der Waals surface area contributed by atoms with E-state index in [1.807, 2.05) is 12.1 Å². The number of halogens is 2. The zero-order chi connectivity index (χ0) is 22.5. The highest BCUT2D eigenvalue weighted by Gasteiger charge is 2.24. The minimum Gasteiger partial charge on any atom is -0.493 e. The number of hydrogen-bond acceptors (Lipinski definition) is 6. The summed E-state index contributed by atoms with van der Waals surface area (Å²) in [6.45, 7) is 7.19. The quantitative estimate of drug-likeness (QED) is 0.397. The van der Waals surface area contributed by atoms with Crippen molar-refractivity contribution in [2.24, 2.45) is 0 Å². The average Bonchev–Trinajstić information content (AvgIpc) is 3.17. The molecule has 1 amide bonds. The van der Waals surface area contributed by atoms with Gasteiger partial charge in [0.1, 0.15) is 0 Å². The summed E-state index contributed by atoms with van der Waals surface area (Å²) in [6, 6.07) is 8.58. The minimum atomic E-state index is -0.216. The van der Waals surface area contributed by atoms with E-state index in [4.69, 9.17) is 37.7 Å². The molecule has 166 valence electrons. The highest BCUT2D eigenvalue weighted by molar-refractivity contribution is 7.22. The summed E-state index contributed by atoms with van der Waals surface area (Å²) in [5, 5.41) is 1.39. The van der Waals surface area contributed by atoms with Crippen molar-refractivity contribution in [2.45, 2.75) is 13.8 Å². The first-order chi connectivity index (χ1) is 14.9. The number of rotatable bonds is 9. The predicted molar refractivity (Wildman–Crippen MR) is 129 cm³/mol. The summed E-state index contributed by atoms with van der Waals surface area (Å²) in [4.78, 5) is 22.1. The molecule has 0 fully saturated rings. The second-order valence-electron chi connectivity index (χ2n) is 6.78. The Bertz CT molecular complexity index is 1030.